The van der Waals surface area contributed by atoms with Crippen LogP contribution in [0.15, 0.2) is 0 Å². The van der Waals surface area contributed by atoms with Crippen molar-refractivity contribution in [2.75, 3.05) is 39.1 Å². The van der Waals surface area contributed by atoms with Gasteiger partial charge >= 0.3 is 0 Å². The van der Waals surface area contributed by atoms with Gasteiger partial charge in [-0.2, -0.15) is 0 Å². The van der Waals surface area contributed by atoms with Crippen LogP contribution in [0.4, 0.5) is 0 Å². The van der Waals surface area contributed by atoms with Crippen molar-refractivity contribution in [1.82, 2.24) is 4.90 Å². The highest BCUT2D eigenvalue weighted by molar-refractivity contribution is 8.00. The maximum absolute atomic E-state index is 11.4. The normalized spacial score (nSPS) is 23.7. The van der Waals surface area contributed by atoms with Crippen molar-refractivity contribution >= 4 is 17.7 Å². The van der Waals surface area contributed by atoms with E-state index in [9.17, 15) is 4.79 Å². The van der Waals surface area contributed by atoms with Crippen molar-refractivity contribution in [2.24, 2.45) is 5.73 Å². The predicted octanol–water partition coefficient (Wildman–Crippen LogP) is -0.464. The second-order valence-corrected chi connectivity index (χ2v) is 4.29. The molecule has 1 saturated heterocycles. The summed E-state index contributed by atoms with van der Waals surface area (Å²) in [6.45, 7) is 2.70. The molecule has 1 unspecified atom stereocenters. The molecule has 1 rings (SSSR count). The molecule has 0 aliphatic carbocycles. The van der Waals surface area contributed by atoms with E-state index in [0.29, 0.717) is 30.7 Å². The summed E-state index contributed by atoms with van der Waals surface area (Å²) in [5.41, 5.74) is 5.55. The number of methoxy groups -OCH3 is 1. The molecule has 1 amide bonds. The molecule has 0 saturated carbocycles. The van der Waals surface area contributed by atoms with Crippen LogP contribution in [0.3, 0.4) is 0 Å². The molecule has 13 heavy (non-hydrogen) atoms. The highest BCUT2D eigenvalue weighted by Crippen LogP contribution is 2.18. The van der Waals surface area contributed by atoms with Gasteiger partial charge in [-0.3, -0.25) is 4.79 Å². The van der Waals surface area contributed by atoms with Crippen molar-refractivity contribution < 1.29 is 9.53 Å². The van der Waals surface area contributed by atoms with Gasteiger partial charge in [-0.25, -0.2) is 0 Å². The molecule has 76 valence electrons. The first kappa shape index (κ1) is 10.8. The Kier molecular flexibility index (Phi) is 4.55. The van der Waals surface area contributed by atoms with Crippen molar-refractivity contribution in [3.8, 4) is 0 Å². The van der Waals surface area contributed by atoms with Gasteiger partial charge in [0.1, 0.15) is 0 Å². The summed E-state index contributed by atoms with van der Waals surface area (Å²) < 4.78 is 4.93. The van der Waals surface area contributed by atoms with Crippen LogP contribution >= 0.6 is 11.8 Å². The zero-order chi connectivity index (χ0) is 9.68. The second kappa shape index (κ2) is 5.47. The Bertz CT molecular complexity index is 178. The van der Waals surface area contributed by atoms with Gasteiger partial charge in [0.05, 0.1) is 12.4 Å². The van der Waals surface area contributed by atoms with E-state index < -0.39 is 0 Å². The standard InChI is InChI=1S/C8H16N2O2S/c1-12-3-2-10-5-7(4-9)13-6-8(10)11/h7H,2-6,9H2,1H3. The van der Waals surface area contributed by atoms with E-state index in [2.05, 4.69) is 0 Å². The van der Waals surface area contributed by atoms with E-state index in [1.54, 1.807) is 18.9 Å². The van der Waals surface area contributed by atoms with Crippen molar-refractivity contribution in [3.05, 3.63) is 0 Å². The molecule has 0 bridgehead atoms. The number of nitrogens with two attached hydrogens (primary N) is 1. The molecule has 0 aromatic rings. The number of ether oxygens (including phenoxy) is 1. The molecule has 0 radical (unpaired) electrons. The molecule has 2 N–H and O–H groups in total. The minimum Gasteiger partial charge on any atom is -0.383 e. The van der Waals surface area contributed by atoms with Gasteiger partial charge in [0.15, 0.2) is 0 Å². The first-order chi connectivity index (χ1) is 6.27. The van der Waals surface area contributed by atoms with Crippen LogP contribution in [-0.4, -0.2) is 55.2 Å². The number of carbonyl (C=O) groups is 1. The third kappa shape index (κ3) is 3.17. The Labute approximate surface area is 82.8 Å². The number of hydrogen-bond donors (Lipinski definition) is 1. The zero-order valence-corrected chi connectivity index (χ0v) is 8.68. The first-order valence-electron chi connectivity index (χ1n) is 4.36. The fourth-order valence-corrected chi connectivity index (χ4v) is 2.22. The number of hydrogen-bond acceptors (Lipinski definition) is 4. The third-order valence-electron chi connectivity index (χ3n) is 2.05. The van der Waals surface area contributed by atoms with Gasteiger partial charge in [0, 0.05) is 32.0 Å². The summed E-state index contributed by atoms with van der Waals surface area (Å²) in [6, 6.07) is 0. The Morgan fingerprint density at radius 2 is 2.54 bits per heavy atom. The number of amides is 1. The smallest absolute Gasteiger partial charge is 0.232 e. The topological polar surface area (TPSA) is 55.6 Å². The molecular formula is C8H16N2O2S. The lowest BCUT2D eigenvalue weighted by atomic mass is 10.3. The quantitative estimate of drug-likeness (QED) is 0.673. The SMILES string of the molecule is COCCN1CC(CN)SCC1=O. The summed E-state index contributed by atoms with van der Waals surface area (Å²) in [4.78, 5) is 13.2. The summed E-state index contributed by atoms with van der Waals surface area (Å²) >= 11 is 1.65. The number of thioether (sulfide) groups is 1. The van der Waals surface area contributed by atoms with Crippen LogP contribution in [0.25, 0.3) is 0 Å². The molecule has 0 aromatic carbocycles. The van der Waals surface area contributed by atoms with Crippen molar-refractivity contribution in [1.29, 1.82) is 0 Å². The monoisotopic (exact) mass is 204 g/mol. The van der Waals surface area contributed by atoms with E-state index in [-0.39, 0.29) is 5.91 Å². The molecule has 1 aliphatic heterocycles. The van der Waals surface area contributed by atoms with Crippen LogP contribution in [0.5, 0.6) is 0 Å². The van der Waals surface area contributed by atoms with Crippen LogP contribution < -0.4 is 5.73 Å². The lowest BCUT2D eigenvalue weighted by Gasteiger charge is -2.31. The Hall–Kier alpha value is -0.260. The number of rotatable bonds is 4. The summed E-state index contributed by atoms with van der Waals surface area (Å²) in [5, 5.41) is 0.398. The highest BCUT2D eigenvalue weighted by Gasteiger charge is 2.24. The first-order valence-corrected chi connectivity index (χ1v) is 5.41. The molecule has 0 aromatic heterocycles. The maximum Gasteiger partial charge on any atom is 0.232 e. The minimum absolute atomic E-state index is 0.201. The van der Waals surface area contributed by atoms with E-state index in [0.717, 1.165) is 6.54 Å². The van der Waals surface area contributed by atoms with Gasteiger partial charge in [-0.1, -0.05) is 0 Å². The molecule has 0 spiro atoms. The second-order valence-electron chi connectivity index (χ2n) is 3.00. The molecule has 4 nitrogen and oxygen atoms in total. The third-order valence-corrected chi connectivity index (χ3v) is 3.27. The molecular weight excluding hydrogens is 188 g/mol. The van der Waals surface area contributed by atoms with Crippen molar-refractivity contribution in [3.63, 3.8) is 0 Å². The predicted molar refractivity (Wildman–Crippen MR) is 53.8 cm³/mol. The molecule has 5 heteroatoms. The van der Waals surface area contributed by atoms with Gasteiger partial charge in [0.25, 0.3) is 0 Å². The van der Waals surface area contributed by atoms with Gasteiger partial charge in [-0.05, 0) is 0 Å². The zero-order valence-electron chi connectivity index (χ0n) is 7.86. The van der Waals surface area contributed by atoms with Gasteiger partial charge in [0.2, 0.25) is 5.91 Å². The van der Waals surface area contributed by atoms with Gasteiger partial charge in [-0.15, -0.1) is 11.8 Å². The van der Waals surface area contributed by atoms with E-state index in [1.807, 2.05) is 4.90 Å². The lowest BCUT2D eigenvalue weighted by Crippen LogP contribution is -2.46. The van der Waals surface area contributed by atoms with E-state index in [1.165, 1.54) is 0 Å². The Morgan fingerprint density at radius 1 is 1.77 bits per heavy atom. The molecule has 1 atom stereocenters. The Balaban J connectivity index is 2.36. The van der Waals surface area contributed by atoms with Crippen LogP contribution in [0, 0.1) is 0 Å². The molecule has 1 aliphatic rings. The van der Waals surface area contributed by atoms with Gasteiger partial charge < -0.3 is 15.4 Å². The number of carbonyl (C=O) groups excluding carboxylic acids is 1. The fourth-order valence-electron chi connectivity index (χ4n) is 1.24. The average Bonchev–Trinajstić information content (AvgIpc) is 2.17. The number of nitrogens with zero attached hydrogens (tertiary/aromatic N) is 1. The van der Waals surface area contributed by atoms with Crippen LogP contribution in [0.1, 0.15) is 0 Å². The fraction of sp³-hybridized carbons (Fsp3) is 0.875. The lowest BCUT2D eigenvalue weighted by molar-refractivity contribution is -0.129. The van der Waals surface area contributed by atoms with Crippen LogP contribution in [-0.2, 0) is 9.53 Å². The molecule has 1 fully saturated rings. The Morgan fingerprint density at radius 3 is 3.15 bits per heavy atom. The average molecular weight is 204 g/mol. The van der Waals surface area contributed by atoms with Crippen LogP contribution in [0.2, 0.25) is 0 Å². The highest BCUT2D eigenvalue weighted by atomic mass is 32.2. The largest absolute Gasteiger partial charge is 0.383 e. The molecule has 1 heterocycles. The van der Waals surface area contributed by atoms with E-state index in [4.69, 9.17) is 10.5 Å². The summed E-state index contributed by atoms with van der Waals surface area (Å²) in [7, 11) is 1.64. The van der Waals surface area contributed by atoms with E-state index >= 15 is 0 Å². The minimum atomic E-state index is 0.201. The van der Waals surface area contributed by atoms with Crippen molar-refractivity contribution in [2.45, 2.75) is 5.25 Å². The summed E-state index contributed by atoms with van der Waals surface area (Å²) in [6.07, 6.45) is 0. The summed E-state index contributed by atoms with van der Waals surface area (Å²) in [5.74, 6) is 0.762. The maximum atomic E-state index is 11.4.